The molecule has 0 saturated heterocycles. The fourth-order valence-corrected chi connectivity index (χ4v) is 4.65. The number of anilines is 1. The summed E-state index contributed by atoms with van der Waals surface area (Å²) in [4.78, 5) is 14.6. The van der Waals surface area contributed by atoms with Crippen molar-refractivity contribution in [1.29, 1.82) is 0 Å². The molecule has 1 amide bonds. The molecule has 1 aromatic rings. The van der Waals surface area contributed by atoms with Crippen LogP contribution in [0.1, 0.15) is 26.3 Å². The summed E-state index contributed by atoms with van der Waals surface area (Å²) in [5.74, 6) is -0.0394. The van der Waals surface area contributed by atoms with E-state index in [1.165, 1.54) is 4.31 Å². The van der Waals surface area contributed by atoms with Crippen LogP contribution in [-0.4, -0.2) is 51.9 Å². The van der Waals surface area contributed by atoms with Gasteiger partial charge in [-0.1, -0.05) is 20.8 Å². The molecular weight excluding hydrogens is 362 g/mol. The Morgan fingerprint density at radius 3 is 2.52 bits per heavy atom. The van der Waals surface area contributed by atoms with Crippen molar-refractivity contribution in [2.75, 3.05) is 38.1 Å². The Bertz CT molecular complexity index is 705. The van der Waals surface area contributed by atoms with Crippen LogP contribution in [0.4, 0.5) is 5.69 Å². The number of nitrogens with one attached hydrogen (secondary N) is 1. The zero-order valence-corrected chi connectivity index (χ0v) is 16.9. The van der Waals surface area contributed by atoms with Gasteiger partial charge >= 0.3 is 0 Å². The number of rotatable bonds is 7. The number of benzene rings is 1. The highest BCUT2D eigenvalue weighted by Gasteiger charge is 2.30. The Morgan fingerprint density at radius 1 is 1.32 bits per heavy atom. The molecule has 6 nitrogen and oxygen atoms in total. The number of hydrogen-bond acceptors (Lipinski definition) is 4. The molecule has 2 rings (SSSR count). The van der Waals surface area contributed by atoms with Crippen LogP contribution < -0.4 is 10.2 Å². The average molecular weight is 390 g/mol. The lowest BCUT2D eigenvalue weighted by Gasteiger charge is -2.22. The second kappa shape index (κ2) is 8.98. The highest BCUT2D eigenvalue weighted by molar-refractivity contribution is 7.89. The maximum Gasteiger partial charge on any atom is 0.243 e. The summed E-state index contributed by atoms with van der Waals surface area (Å²) >= 11 is 0. The van der Waals surface area contributed by atoms with E-state index in [0.717, 1.165) is 11.3 Å². The van der Waals surface area contributed by atoms with Crippen LogP contribution in [-0.2, 0) is 21.2 Å². The van der Waals surface area contributed by atoms with Crippen molar-refractivity contribution in [2.24, 2.45) is 5.92 Å². The van der Waals surface area contributed by atoms with Gasteiger partial charge in [0.15, 0.2) is 0 Å². The van der Waals surface area contributed by atoms with Crippen molar-refractivity contribution in [3.05, 3.63) is 23.8 Å². The van der Waals surface area contributed by atoms with Gasteiger partial charge in [-0.25, -0.2) is 8.42 Å². The smallest absolute Gasteiger partial charge is 0.243 e. The lowest BCUT2D eigenvalue weighted by molar-refractivity contribution is -0.121. The lowest BCUT2D eigenvalue weighted by Crippen LogP contribution is -2.37. The Labute approximate surface area is 157 Å². The van der Waals surface area contributed by atoms with Crippen molar-refractivity contribution in [2.45, 2.75) is 32.1 Å². The van der Waals surface area contributed by atoms with Crippen LogP contribution in [0.3, 0.4) is 0 Å². The molecule has 1 aromatic carbocycles. The fourth-order valence-electron chi connectivity index (χ4n) is 3.14. The Hall–Kier alpha value is -1.15. The molecule has 0 radical (unpaired) electrons. The van der Waals surface area contributed by atoms with E-state index in [1.807, 2.05) is 27.8 Å². The summed E-state index contributed by atoms with van der Waals surface area (Å²) in [7, 11) is -1.64. The van der Waals surface area contributed by atoms with Gasteiger partial charge < -0.3 is 10.2 Å². The number of sulfonamides is 1. The quantitative estimate of drug-likeness (QED) is 0.773. The molecule has 1 heterocycles. The molecule has 142 valence electrons. The fraction of sp³-hybridized carbons (Fsp3) is 0.588. The molecule has 8 heteroatoms. The van der Waals surface area contributed by atoms with Crippen molar-refractivity contribution in [1.82, 2.24) is 9.62 Å². The molecule has 1 unspecified atom stereocenters. The van der Waals surface area contributed by atoms with Gasteiger partial charge in [-0.2, -0.15) is 4.31 Å². The minimum absolute atomic E-state index is 0. The van der Waals surface area contributed by atoms with Crippen molar-refractivity contribution >= 4 is 34.0 Å². The molecule has 0 aliphatic carbocycles. The SMILES string of the molecule is CCN(CC)S(=O)(=O)c1ccc2c(c1)CCN2C(=O)C(C)CNC.Cl. The zero-order chi connectivity index (χ0) is 17.9. The summed E-state index contributed by atoms with van der Waals surface area (Å²) in [6.07, 6.45) is 0.689. The van der Waals surface area contributed by atoms with Crippen LogP contribution in [0.2, 0.25) is 0 Å². The highest BCUT2D eigenvalue weighted by atomic mass is 35.5. The van der Waals surface area contributed by atoms with E-state index in [4.69, 9.17) is 0 Å². The third-order valence-electron chi connectivity index (χ3n) is 4.49. The standard InChI is InChI=1S/C17H27N3O3S.ClH/c1-5-19(6-2)24(22,23)15-7-8-16-14(11-15)9-10-20(16)17(21)13(3)12-18-4;/h7-8,11,13,18H,5-6,9-10,12H2,1-4H3;1H. The number of nitrogens with zero attached hydrogens (tertiary/aromatic N) is 2. The van der Waals surface area contributed by atoms with Gasteiger partial charge in [-0.3, -0.25) is 4.79 Å². The number of carbonyl (C=O) groups excluding carboxylic acids is 1. The van der Waals surface area contributed by atoms with Gasteiger partial charge in [-0.05, 0) is 37.2 Å². The number of amides is 1. The molecule has 0 saturated carbocycles. The third kappa shape index (κ3) is 4.34. The van der Waals surface area contributed by atoms with Crippen LogP contribution in [0.15, 0.2) is 23.1 Å². The van der Waals surface area contributed by atoms with Crippen LogP contribution >= 0.6 is 12.4 Å². The zero-order valence-electron chi connectivity index (χ0n) is 15.3. The Kier molecular flexibility index (Phi) is 7.87. The lowest BCUT2D eigenvalue weighted by atomic mass is 10.1. The summed E-state index contributed by atoms with van der Waals surface area (Å²) in [6, 6.07) is 5.10. The molecule has 0 aromatic heterocycles. The summed E-state index contributed by atoms with van der Waals surface area (Å²) in [5, 5.41) is 3.02. The number of halogens is 1. The largest absolute Gasteiger partial charge is 0.319 e. The highest BCUT2D eigenvalue weighted by Crippen LogP contribution is 2.32. The molecular formula is C17H28ClN3O3S. The first-order chi connectivity index (χ1) is 11.4. The van der Waals surface area contributed by atoms with Gasteiger partial charge in [0.25, 0.3) is 0 Å². The van der Waals surface area contributed by atoms with E-state index in [2.05, 4.69) is 5.32 Å². The molecule has 0 fully saturated rings. The van der Waals surface area contributed by atoms with Crippen molar-refractivity contribution < 1.29 is 13.2 Å². The maximum atomic E-state index is 12.6. The molecule has 25 heavy (non-hydrogen) atoms. The van der Waals surface area contributed by atoms with E-state index in [-0.39, 0.29) is 24.2 Å². The average Bonchev–Trinajstić information content (AvgIpc) is 2.98. The first-order valence-electron chi connectivity index (χ1n) is 8.45. The topological polar surface area (TPSA) is 69.7 Å². The van der Waals surface area contributed by atoms with Gasteiger partial charge in [-0.15, -0.1) is 12.4 Å². The van der Waals surface area contributed by atoms with Crippen LogP contribution in [0, 0.1) is 5.92 Å². The minimum atomic E-state index is -3.47. The second-order valence-corrected chi connectivity index (χ2v) is 8.02. The molecule has 0 spiro atoms. The molecule has 1 atom stereocenters. The van der Waals surface area contributed by atoms with E-state index in [0.29, 0.717) is 37.5 Å². The van der Waals surface area contributed by atoms with Gasteiger partial charge in [0.05, 0.1) is 4.90 Å². The Morgan fingerprint density at radius 2 is 1.96 bits per heavy atom. The van der Waals surface area contributed by atoms with E-state index < -0.39 is 10.0 Å². The monoisotopic (exact) mass is 389 g/mol. The van der Waals surface area contributed by atoms with Crippen molar-refractivity contribution in [3.63, 3.8) is 0 Å². The molecule has 1 N–H and O–H groups in total. The maximum absolute atomic E-state index is 12.6. The van der Waals surface area contributed by atoms with E-state index in [1.54, 1.807) is 23.1 Å². The number of fused-ring (bicyclic) bond motifs is 1. The van der Waals surface area contributed by atoms with E-state index >= 15 is 0 Å². The predicted molar refractivity (Wildman–Crippen MR) is 103 cm³/mol. The predicted octanol–water partition coefficient (Wildman–Crippen LogP) is 1.88. The number of hydrogen-bond donors (Lipinski definition) is 1. The summed E-state index contributed by atoms with van der Waals surface area (Å²) in [5.41, 5.74) is 1.76. The second-order valence-electron chi connectivity index (χ2n) is 6.08. The van der Waals surface area contributed by atoms with Gasteiger partial charge in [0.2, 0.25) is 15.9 Å². The van der Waals surface area contributed by atoms with Gasteiger partial charge in [0, 0.05) is 37.8 Å². The first-order valence-corrected chi connectivity index (χ1v) is 9.89. The summed E-state index contributed by atoms with van der Waals surface area (Å²) in [6.45, 7) is 7.69. The van der Waals surface area contributed by atoms with Crippen LogP contribution in [0.5, 0.6) is 0 Å². The normalized spacial score (nSPS) is 15.0. The Balaban J connectivity index is 0.00000312. The third-order valence-corrected chi connectivity index (χ3v) is 6.53. The minimum Gasteiger partial charge on any atom is -0.319 e. The van der Waals surface area contributed by atoms with Crippen LogP contribution in [0.25, 0.3) is 0 Å². The first kappa shape index (κ1) is 21.9. The van der Waals surface area contributed by atoms with E-state index in [9.17, 15) is 13.2 Å². The van der Waals surface area contributed by atoms with Crippen molar-refractivity contribution in [3.8, 4) is 0 Å². The number of carbonyl (C=O) groups is 1. The molecule has 0 bridgehead atoms. The summed E-state index contributed by atoms with van der Waals surface area (Å²) < 4.78 is 26.7. The molecule has 1 aliphatic heterocycles. The van der Waals surface area contributed by atoms with Gasteiger partial charge in [0.1, 0.15) is 0 Å². The molecule has 1 aliphatic rings.